The lowest BCUT2D eigenvalue weighted by Crippen LogP contribution is -2.56. The van der Waals surface area contributed by atoms with Gasteiger partial charge in [-0.3, -0.25) is 9.69 Å². The van der Waals surface area contributed by atoms with Gasteiger partial charge in [-0.2, -0.15) is 0 Å². The van der Waals surface area contributed by atoms with E-state index in [1.807, 2.05) is 24.3 Å². The van der Waals surface area contributed by atoms with Gasteiger partial charge in [-0.1, -0.05) is 38.1 Å². The molecule has 0 spiro atoms. The SMILES string of the molecule is CC(C)[C@H](C(=O)NCc1ccc(C2OCCO2)cc1)N1C[C@@H](C)O[C@@H](C)C1. The molecule has 1 N–H and O–H groups in total. The number of nitrogens with zero attached hydrogens (tertiary/aromatic N) is 1. The fourth-order valence-corrected chi connectivity index (χ4v) is 3.97. The van der Waals surface area contributed by atoms with Gasteiger partial charge in [0.05, 0.1) is 31.5 Å². The minimum absolute atomic E-state index is 0.0813. The van der Waals surface area contributed by atoms with E-state index in [0.717, 1.165) is 24.2 Å². The minimum atomic E-state index is -0.260. The van der Waals surface area contributed by atoms with E-state index in [0.29, 0.717) is 19.8 Å². The quantitative estimate of drug-likeness (QED) is 0.827. The fourth-order valence-electron chi connectivity index (χ4n) is 3.97. The Morgan fingerprint density at radius 1 is 1.11 bits per heavy atom. The molecule has 150 valence electrons. The Kier molecular flexibility index (Phi) is 6.87. The summed E-state index contributed by atoms with van der Waals surface area (Å²) in [4.78, 5) is 15.2. The van der Waals surface area contributed by atoms with E-state index in [9.17, 15) is 4.79 Å². The van der Waals surface area contributed by atoms with Crippen molar-refractivity contribution in [2.24, 2.45) is 5.92 Å². The molecule has 2 fully saturated rings. The van der Waals surface area contributed by atoms with Crippen molar-refractivity contribution in [2.75, 3.05) is 26.3 Å². The van der Waals surface area contributed by atoms with E-state index >= 15 is 0 Å². The van der Waals surface area contributed by atoms with E-state index in [2.05, 4.69) is 37.9 Å². The molecule has 0 unspecified atom stereocenters. The Morgan fingerprint density at radius 2 is 1.70 bits per heavy atom. The summed E-state index contributed by atoms with van der Waals surface area (Å²) in [7, 11) is 0. The predicted octanol–water partition coefficient (Wildman–Crippen LogP) is 2.48. The van der Waals surface area contributed by atoms with Crippen molar-refractivity contribution in [2.45, 2.75) is 58.8 Å². The number of carbonyl (C=O) groups is 1. The van der Waals surface area contributed by atoms with Crippen molar-refractivity contribution in [1.82, 2.24) is 10.2 Å². The summed E-state index contributed by atoms with van der Waals surface area (Å²) >= 11 is 0. The first kappa shape index (κ1) is 20.3. The Morgan fingerprint density at radius 3 is 2.26 bits per heavy atom. The number of benzene rings is 1. The van der Waals surface area contributed by atoms with Crippen molar-refractivity contribution in [1.29, 1.82) is 0 Å². The maximum Gasteiger partial charge on any atom is 0.237 e. The summed E-state index contributed by atoms with van der Waals surface area (Å²) in [6, 6.07) is 7.90. The average Bonchev–Trinajstić information content (AvgIpc) is 3.14. The Hall–Kier alpha value is -1.47. The second-order valence-electron chi connectivity index (χ2n) is 7.93. The number of carbonyl (C=O) groups excluding carboxylic acids is 1. The summed E-state index contributed by atoms with van der Waals surface area (Å²) in [5, 5.41) is 3.11. The molecule has 0 radical (unpaired) electrons. The standard InChI is InChI=1S/C21H32N2O4/c1-14(2)19(23-12-15(3)27-16(4)13-23)20(24)22-11-17-5-7-18(8-6-17)21-25-9-10-26-21/h5-8,14-16,19,21H,9-13H2,1-4H3,(H,22,24)/t15-,16+,19-/m1/s1. The first-order valence-corrected chi connectivity index (χ1v) is 9.93. The van der Waals surface area contributed by atoms with Gasteiger partial charge < -0.3 is 19.5 Å². The zero-order valence-corrected chi connectivity index (χ0v) is 16.8. The van der Waals surface area contributed by atoms with Crippen molar-refractivity contribution < 1.29 is 19.0 Å². The highest BCUT2D eigenvalue weighted by Crippen LogP contribution is 2.23. The number of hydrogen-bond donors (Lipinski definition) is 1. The van der Waals surface area contributed by atoms with Crippen LogP contribution in [0.2, 0.25) is 0 Å². The van der Waals surface area contributed by atoms with Crippen LogP contribution in [0.5, 0.6) is 0 Å². The van der Waals surface area contributed by atoms with Crippen LogP contribution in [0.4, 0.5) is 0 Å². The third kappa shape index (κ3) is 5.29. The lowest BCUT2D eigenvalue weighted by molar-refractivity contribution is -0.135. The van der Waals surface area contributed by atoms with Gasteiger partial charge in [-0.25, -0.2) is 0 Å². The maximum absolute atomic E-state index is 12.9. The fraction of sp³-hybridized carbons (Fsp3) is 0.667. The molecule has 3 atom stereocenters. The van der Waals surface area contributed by atoms with Crippen molar-refractivity contribution in [3.8, 4) is 0 Å². The summed E-state index contributed by atoms with van der Waals surface area (Å²) < 4.78 is 16.8. The highest BCUT2D eigenvalue weighted by atomic mass is 16.7. The normalized spacial score (nSPS) is 25.7. The molecule has 27 heavy (non-hydrogen) atoms. The van der Waals surface area contributed by atoms with Crippen LogP contribution in [-0.2, 0) is 25.5 Å². The molecule has 1 aromatic carbocycles. The molecule has 1 amide bonds. The van der Waals surface area contributed by atoms with Gasteiger partial charge in [-0.05, 0) is 25.3 Å². The number of nitrogens with one attached hydrogen (secondary N) is 1. The molecule has 6 heteroatoms. The number of hydrogen-bond acceptors (Lipinski definition) is 5. The van der Waals surface area contributed by atoms with Crippen LogP contribution >= 0.6 is 0 Å². The van der Waals surface area contributed by atoms with Gasteiger partial charge in [0.1, 0.15) is 0 Å². The molecular formula is C21H32N2O4. The van der Waals surface area contributed by atoms with E-state index in [-0.39, 0.29) is 36.4 Å². The Balaban J connectivity index is 1.57. The number of ether oxygens (including phenoxy) is 3. The Bertz CT molecular complexity index is 603. The highest BCUT2D eigenvalue weighted by molar-refractivity contribution is 5.82. The van der Waals surface area contributed by atoms with Crippen LogP contribution in [0.3, 0.4) is 0 Å². The average molecular weight is 376 g/mol. The molecule has 3 rings (SSSR count). The van der Waals surface area contributed by atoms with Gasteiger partial charge >= 0.3 is 0 Å². The van der Waals surface area contributed by atoms with Gasteiger partial charge in [-0.15, -0.1) is 0 Å². The molecular weight excluding hydrogens is 344 g/mol. The maximum atomic E-state index is 12.9. The van der Waals surface area contributed by atoms with Gasteiger partial charge in [0, 0.05) is 25.2 Å². The lowest BCUT2D eigenvalue weighted by Gasteiger charge is -2.41. The molecule has 2 heterocycles. The van der Waals surface area contributed by atoms with E-state index in [1.54, 1.807) is 0 Å². The molecule has 6 nitrogen and oxygen atoms in total. The van der Waals surface area contributed by atoms with E-state index < -0.39 is 0 Å². The molecule has 2 aliphatic heterocycles. The zero-order chi connectivity index (χ0) is 19.4. The largest absolute Gasteiger partial charge is 0.373 e. The molecule has 2 aliphatic rings. The van der Waals surface area contributed by atoms with Crippen molar-refractivity contribution in [3.63, 3.8) is 0 Å². The van der Waals surface area contributed by atoms with Crippen molar-refractivity contribution >= 4 is 5.91 Å². The van der Waals surface area contributed by atoms with Gasteiger partial charge in [0.15, 0.2) is 6.29 Å². The molecule has 0 saturated carbocycles. The predicted molar refractivity (Wildman–Crippen MR) is 103 cm³/mol. The third-order valence-corrected chi connectivity index (χ3v) is 5.08. The molecule has 0 bridgehead atoms. The summed E-state index contributed by atoms with van der Waals surface area (Å²) in [6.07, 6.45) is 0.0370. The first-order valence-electron chi connectivity index (χ1n) is 9.93. The number of morpholine rings is 1. The minimum Gasteiger partial charge on any atom is -0.373 e. The molecule has 0 aliphatic carbocycles. The van der Waals surface area contributed by atoms with Crippen LogP contribution < -0.4 is 5.32 Å². The van der Waals surface area contributed by atoms with Gasteiger partial charge in [0.2, 0.25) is 5.91 Å². The zero-order valence-electron chi connectivity index (χ0n) is 16.8. The van der Waals surface area contributed by atoms with Crippen molar-refractivity contribution in [3.05, 3.63) is 35.4 Å². The van der Waals surface area contributed by atoms with E-state index in [4.69, 9.17) is 14.2 Å². The summed E-state index contributed by atoms with van der Waals surface area (Å²) in [5.41, 5.74) is 2.08. The first-order chi connectivity index (χ1) is 12.9. The number of amides is 1. The van der Waals surface area contributed by atoms with Crippen LogP contribution in [0.25, 0.3) is 0 Å². The molecule has 1 aromatic rings. The van der Waals surface area contributed by atoms with Crippen LogP contribution in [-0.4, -0.2) is 55.4 Å². The second-order valence-corrected chi connectivity index (χ2v) is 7.93. The number of rotatable bonds is 6. The third-order valence-electron chi connectivity index (χ3n) is 5.08. The van der Waals surface area contributed by atoms with E-state index in [1.165, 1.54) is 0 Å². The Labute approximate surface area is 162 Å². The summed E-state index contributed by atoms with van der Waals surface area (Å²) in [5.74, 6) is 0.319. The van der Waals surface area contributed by atoms with Gasteiger partial charge in [0.25, 0.3) is 0 Å². The lowest BCUT2D eigenvalue weighted by atomic mass is 9.99. The second kappa shape index (κ2) is 9.15. The monoisotopic (exact) mass is 376 g/mol. The van der Waals surface area contributed by atoms with Crippen LogP contribution in [0.1, 0.15) is 45.1 Å². The smallest absolute Gasteiger partial charge is 0.237 e. The van der Waals surface area contributed by atoms with Crippen LogP contribution in [0, 0.1) is 5.92 Å². The highest BCUT2D eigenvalue weighted by Gasteiger charge is 2.34. The van der Waals surface area contributed by atoms with Crippen LogP contribution in [0.15, 0.2) is 24.3 Å². The molecule has 2 saturated heterocycles. The summed E-state index contributed by atoms with van der Waals surface area (Å²) in [6.45, 7) is 11.7. The topological polar surface area (TPSA) is 60.0 Å². The molecule has 0 aromatic heterocycles.